The zero-order chi connectivity index (χ0) is 47.3. The Morgan fingerprint density at radius 1 is 0.926 bits per heavy atom. The average Bonchev–Trinajstić information content (AvgIpc) is 3.89. The van der Waals surface area contributed by atoms with Crippen LogP contribution in [0.2, 0.25) is 0 Å². The van der Waals surface area contributed by atoms with Crippen LogP contribution in [0.4, 0.5) is 10.9 Å². The smallest absolute Gasteiger partial charge is 0.358 e. The minimum absolute atomic E-state index is 0.0488. The molecule has 360 valence electrons. The number of ether oxygens (including phenoxy) is 4. The quantitative estimate of drug-likeness (QED) is 0.0663. The summed E-state index contributed by atoms with van der Waals surface area (Å²) in [5.41, 5.74) is 6.19. The number of methoxy groups -OCH3 is 2. The third kappa shape index (κ3) is 9.31. The molecule has 2 aromatic carbocycles. The number of nitrogens with zero attached hydrogens (tertiary/aromatic N) is 8. The van der Waals surface area contributed by atoms with Crippen LogP contribution in [0, 0.1) is 29.1 Å². The van der Waals surface area contributed by atoms with Gasteiger partial charge in [-0.1, -0.05) is 56.4 Å². The van der Waals surface area contributed by atoms with Crippen LogP contribution in [-0.2, 0) is 27.4 Å². The Bertz CT molecular complexity index is 2660. The van der Waals surface area contributed by atoms with Gasteiger partial charge in [-0.3, -0.25) is 4.68 Å². The predicted octanol–water partition coefficient (Wildman–Crippen LogP) is 10.7. The standard InChI is InChI=1S/C53H67N9O5S/c1-35-39-12-10-22-61(47(39)59-58-46(35)57-49-55-42-13-8-9-14-43(42)68-49)44-20-19-40(45(56-44)48(63)66-27-37-15-17-38(65-7)18-16-37)41-26-54-62(36(41)2)34-52-29-50(3)28-51(4,30-52)32-53(31-50,33-52)67-25-23-60(5)21-11-24-64-6/h8-9,13-20,26,35,46H,10-12,21-25,27-34H2,1-7H3,(H,55,57). The third-order valence-corrected chi connectivity index (χ3v) is 16.4. The summed E-state index contributed by atoms with van der Waals surface area (Å²) < 4.78 is 27.1. The fourth-order valence-electron chi connectivity index (χ4n) is 13.5. The lowest BCUT2D eigenvalue weighted by Crippen LogP contribution is -2.64. The topological polar surface area (TPSA) is 141 Å². The van der Waals surface area contributed by atoms with Gasteiger partial charge in [0.2, 0.25) is 0 Å². The summed E-state index contributed by atoms with van der Waals surface area (Å²) in [7, 11) is 5.58. The van der Waals surface area contributed by atoms with Crippen molar-refractivity contribution in [2.75, 3.05) is 64.3 Å². The summed E-state index contributed by atoms with van der Waals surface area (Å²) in [5.74, 6) is 1.73. The number of anilines is 2. The van der Waals surface area contributed by atoms with E-state index in [4.69, 9.17) is 44.2 Å². The lowest BCUT2D eigenvalue weighted by Gasteiger charge is -2.69. The number of thiazole rings is 1. The van der Waals surface area contributed by atoms with E-state index in [2.05, 4.69) is 60.6 Å². The highest BCUT2D eigenvalue weighted by molar-refractivity contribution is 7.22. The lowest BCUT2D eigenvalue weighted by molar-refractivity contribution is -0.248. The molecule has 6 aliphatic rings. The zero-order valence-electron chi connectivity index (χ0n) is 40.8. The van der Waals surface area contributed by atoms with Crippen molar-refractivity contribution in [2.24, 2.45) is 32.4 Å². The van der Waals surface area contributed by atoms with Gasteiger partial charge in [-0.2, -0.15) is 10.2 Å². The molecular formula is C53H67N9O5S. The molecule has 4 unspecified atom stereocenters. The fraction of sp³-hybridized carbons (Fsp3) is 0.547. The molecule has 0 spiro atoms. The van der Waals surface area contributed by atoms with Crippen molar-refractivity contribution in [3.05, 3.63) is 95.2 Å². The van der Waals surface area contributed by atoms with Gasteiger partial charge in [-0.05, 0) is 136 Å². The van der Waals surface area contributed by atoms with Crippen molar-refractivity contribution in [1.82, 2.24) is 24.6 Å². The second-order valence-corrected chi connectivity index (χ2v) is 22.4. The second kappa shape index (κ2) is 18.6. The predicted molar refractivity (Wildman–Crippen MR) is 266 cm³/mol. The number of aromatic nitrogens is 4. The van der Waals surface area contributed by atoms with Gasteiger partial charge in [-0.15, -0.1) is 5.11 Å². The number of hydrogen-bond acceptors (Lipinski definition) is 14. The molecule has 5 heterocycles. The molecule has 3 aromatic heterocycles. The molecule has 11 rings (SSSR count). The third-order valence-electron chi connectivity index (χ3n) is 15.4. The van der Waals surface area contributed by atoms with Crippen LogP contribution in [0.5, 0.6) is 5.75 Å². The van der Waals surface area contributed by atoms with Crippen LogP contribution in [0.15, 0.2) is 88.5 Å². The highest BCUT2D eigenvalue weighted by atomic mass is 32.1. The Morgan fingerprint density at radius 3 is 2.49 bits per heavy atom. The molecule has 0 amide bonds. The number of hydrogen-bond donors (Lipinski definition) is 1. The SMILES string of the molecule is COCCCN(C)CCOC12CC3(C)CC(C)(CC(Cn4ncc(-c5ccc(N6CCCC7=C6N=NC(Nc6nc8ccccc8s6)C7C)nc5C(=O)OCc5ccc(OC)cc5)c4C)(C3)C1)C2. The first kappa shape index (κ1) is 46.5. The summed E-state index contributed by atoms with van der Waals surface area (Å²) in [6.07, 6.45) is 11.3. The Labute approximate surface area is 404 Å². The Kier molecular flexibility index (Phi) is 12.7. The van der Waals surface area contributed by atoms with Gasteiger partial charge >= 0.3 is 5.97 Å². The summed E-state index contributed by atoms with van der Waals surface area (Å²) in [6, 6.07) is 19.7. The van der Waals surface area contributed by atoms with E-state index < -0.39 is 5.97 Å². The molecular weight excluding hydrogens is 875 g/mol. The first-order valence-corrected chi connectivity index (χ1v) is 25.3. The average molecular weight is 942 g/mol. The minimum Gasteiger partial charge on any atom is -0.497 e. The largest absolute Gasteiger partial charge is 0.497 e. The lowest BCUT2D eigenvalue weighted by atomic mass is 9.39. The van der Waals surface area contributed by atoms with Crippen LogP contribution in [-0.4, -0.2) is 96.5 Å². The van der Waals surface area contributed by atoms with Crippen molar-refractivity contribution in [3.63, 3.8) is 0 Å². The Balaban J connectivity index is 0.921. The minimum atomic E-state index is -0.500. The van der Waals surface area contributed by atoms with E-state index >= 15 is 0 Å². The molecule has 4 bridgehead atoms. The molecule has 4 fully saturated rings. The highest BCUT2D eigenvalue weighted by Gasteiger charge is 2.66. The van der Waals surface area contributed by atoms with Crippen LogP contribution in [0.1, 0.15) is 100 Å². The summed E-state index contributed by atoms with van der Waals surface area (Å²) in [6.45, 7) is 14.3. The molecule has 5 aromatic rings. The fourth-order valence-corrected chi connectivity index (χ4v) is 14.4. The number of para-hydroxylation sites is 1. The number of azo groups is 1. The van der Waals surface area contributed by atoms with Crippen LogP contribution in [0.3, 0.4) is 0 Å². The Morgan fingerprint density at radius 2 is 1.72 bits per heavy atom. The molecule has 4 aliphatic carbocycles. The molecule has 0 saturated heterocycles. The molecule has 4 saturated carbocycles. The number of rotatable bonds is 18. The molecule has 68 heavy (non-hydrogen) atoms. The van der Waals surface area contributed by atoms with Crippen molar-refractivity contribution in [3.8, 4) is 16.9 Å². The van der Waals surface area contributed by atoms with E-state index in [-0.39, 0.29) is 46.2 Å². The highest BCUT2D eigenvalue weighted by Crippen LogP contribution is 2.72. The van der Waals surface area contributed by atoms with Crippen molar-refractivity contribution in [1.29, 1.82) is 0 Å². The number of esters is 1. The first-order chi connectivity index (χ1) is 32.8. The maximum absolute atomic E-state index is 14.5. The van der Waals surface area contributed by atoms with E-state index in [1.165, 1.54) is 12.0 Å². The molecule has 15 heteroatoms. The molecule has 2 aliphatic heterocycles. The number of carbonyl (C=O) groups excluding carboxylic acids is 1. The number of likely N-dealkylation sites (N-methyl/N-ethyl adjacent to an activating group) is 1. The molecule has 1 N–H and O–H groups in total. The van der Waals surface area contributed by atoms with E-state index in [9.17, 15) is 4.79 Å². The van der Waals surface area contributed by atoms with E-state index in [1.807, 2.05) is 60.8 Å². The number of carbonyl (C=O) groups is 1. The molecule has 14 nitrogen and oxygen atoms in total. The Hall–Kier alpha value is -5.22. The van der Waals surface area contributed by atoms with Gasteiger partial charge in [0.25, 0.3) is 0 Å². The monoisotopic (exact) mass is 941 g/mol. The van der Waals surface area contributed by atoms with Crippen LogP contribution in [0.25, 0.3) is 21.3 Å². The second-order valence-electron chi connectivity index (χ2n) is 21.3. The summed E-state index contributed by atoms with van der Waals surface area (Å²) >= 11 is 1.62. The van der Waals surface area contributed by atoms with E-state index in [0.717, 1.165) is 128 Å². The van der Waals surface area contributed by atoms with Crippen LogP contribution < -0.4 is 15.0 Å². The van der Waals surface area contributed by atoms with Gasteiger partial charge in [-0.25, -0.2) is 14.8 Å². The maximum atomic E-state index is 14.5. The summed E-state index contributed by atoms with van der Waals surface area (Å²) in [5, 5.41) is 19.1. The number of pyridine rings is 1. The molecule has 0 radical (unpaired) electrons. The van der Waals surface area contributed by atoms with Crippen molar-refractivity contribution < 1.29 is 23.7 Å². The van der Waals surface area contributed by atoms with Gasteiger partial charge in [0.05, 0.1) is 35.7 Å². The van der Waals surface area contributed by atoms with E-state index in [0.29, 0.717) is 17.9 Å². The van der Waals surface area contributed by atoms with Gasteiger partial charge in [0.15, 0.2) is 16.6 Å². The van der Waals surface area contributed by atoms with Gasteiger partial charge in [0, 0.05) is 62.6 Å². The number of benzene rings is 2. The normalized spacial score (nSPS) is 27.3. The number of nitrogens with one attached hydrogen (secondary N) is 1. The van der Waals surface area contributed by atoms with Gasteiger partial charge in [0.1, 0.15) is 24.3 Å². The van der Waals surface area contributed by atoms with Crippen molar-refractivity contribution in [2.45, 2.75) is 110 Å². The van der Waals surface area contributed by atoms with E-state index in [1.54, 1.807) is 25.6 Å². The summed E-state index contributed by atoms with van der Waals surface area (Å²) in [4.78, 5) is 28.9. The molecule has 4 atom stereocenters. The van der Waals surface area contributed by atoms with Crippen LogP contribution >= 0.6 is 11.3 Å². The van der Waals surface area contributed by atoms with Crippen molar-refractivity contribution >= 4 is 38.5 Å². The number of fused-ring (bicyclic) bond motifs is 1. The zero-order valence-corrected chi connectivity index (χ0v) is 41.7. The first-order valence-electron chi connectivity index (χ1n) is 24.5. The maximum Gasteiger partial charge on any atom is 0.358 e. The van der Waals surface area contributed by atoms with Gasteiger partial charge < -0.3 is 34.1 Å².